The summed E-state index contributed by atoms with van der Waals surface area (Å²) in [7, 11) is 0. The van der Waals surface area contributed by atoms with E-state index < -0.39 is 12.1 Å². The number of aliphatic carboxylic acids is 1. The van der Waals surface area contributed by atoms with Crippen LogP contribution in [0.5, 0.6) is 0 Å². The predicted octanol–water partition coefficient (Wildman–Crippen LogP) is 3.99. The molecule has 32 heavy (non-hydrogen) atoms. The molecule has 1 aliphatic heterocycles. The van der Waals surface area contributed by atoms with Crippen molar-refractivity contribution in [1.29, 1.82) is 0 Å². The summed E-state index contributed by atoms with van der Waals surface area (Å²) in [4.78, 5) is 20.5. The number of morpholine rings is 1. The zero-order valence-corrected chi connectivity index (χ0v) is 18.7. The molecule has 3 atom stereocenters. The number of rotatable bonds is 5. The van der Waals surface area contributed by atoms with Crippen LogP contribution in [0.2, 0.25) is 0 Å². The first-order valence-electron chi connectivity index (χ1n) is 10.2. The first-order chi connectivity index (χ1) is 15.1. The lowest BCUT2D eigenvalue weighted by atomic mass is 10.1. The summed E-state index contributed by atoms with van der Waals surface area (Å²) in [5, 5.41) is 10.3. The van der Waals surface area contributed by atoms with Gasteiger partial charge in [0.05, 0.1) is 42.7 Å². The second-order valence-electron chi connectivity index (χ2n) is 7.82. The van der Waals surface area contributed by atoms with E-state index in [2.05, 4.69) is 27.4 Å². The van der Waals surface area contributed by atoms with Gasteiger partial charge < -0.3 is 19.5 Å². The number of aromatic nitrogens is 2. The Morgan fingerprint density at radius 3 is 2.69 bits per heavy atom. The van der Waals surface area contributed by atoms with E-state index >= 15 is 0 Å². The van der Waals surface area contributed by atoms with E-state index in [0.717, 1.165) is 54.8 Å². The standard InChI is InChI=1S/C19H25N3O2S.C2HF3O2/c1-13-4-3-5-19(20-13)22-6-7-24-18-9-15(8-17(18)22)10-23-11-16-12-25-14(2)21-16;3-2(4,5)1(6)7/h3-5,12,15,17-18H,6-11H2,1-2H3;(H,6,7). The molecule has 3 unspecified atom stereocenters. The van der Waals surface area contributed by atoms with Gasteiger partial charge in [0.2, 0.25) is 0 Å². The van der Waals surface area contributed by atoms with Crippen LogP contribution < -0.4 is 4.90 Å². The predicted molar refractivity (Wildman–Crippen MR) is 113 cm³/mol. The number of nitrogens with zero attached hydrogens (tertiary/aromatic N) is 3. The van der Waals surface area contributed by atoms with E-state index in [9.17, 15) is 13.2 Å². The van der Waals surface area contributed by atoms with Crippen LogP contribution in [0.1, 0.15) is 29.2 Å². The number of anilines is 1. The van der Waals surface area contributed by atoms with Gasteiger partial charge in [0, 0.05) is 17.6 Å². The van der Waals surface area contributed by atoms with Gasteiger partial charge in [-0.15, -0.1) is 11.3 Å². The topological polar surface area (TPSA) is 84.8 Å². The van der Waals surface area contributed by atoms with Crippen molar-refractivity contribution in [2.24, 2.45) is 5.92 Å². The number of carbonyl (C=O) groups is 1. The molecule has 1 aliphatic carbocycles. The Labute approximate surface area is 188 Å². The van der Waals surface area contributed by atoms with Crippen LogP contribution in [-0.2, 0) is 20.9 Å². The van der Waals surface area contributed by atoms with Crippen LogP contribution in [0.4, 0.5) is 19.0 Å². The fourth-order valence-corrected chi connectivity index (χ4v) is 4.56. The molecular weight excluding hydrogens is 447 g/mol. The number of hydrogen-bond acceptors (Lipinski definition) is 7. The number of pyridine rings is 1. The maximum absolute atomic E-state index is 10.6. The molecule has 0 aromatic carbocycles. The number of fused-ring (bicyclic) bond motifs is 1. The zero-order valence-electron chi connectivity index (χ0n) is 17.8. The van der Waals surface area contributed by atoms with Gasteiger partial charge in [-0.25, -0.2) is 14.8 Å². The van der Waals surface area contributed by atoms with Crippen molar-refractivity contribution in [3.63, 3.8) is 0 Å². The Balaban J connectivity index is 0.000000360. The van der Waals surface area contributed by atoms with Crippen LogP contribution in [0.25, 0.3) is 0 Å². The number of carboxylic acids is 1. The lowest BCUT2D eigenvalue weighted by molar-refractivity contribution is -0.192. The molecule has 3 heterocycles. The average molecular weight is 474 g/mol. The second-order valence-corrected chi connectivity index (χ2v) is 8.88. The summed E-state index contributed by atoms with van der Waals surface area (Å²) in [6.07, 6.45) is -2.61. The summed E-state index contributed by atoms with van der Waals surface area (Å²) in [5.41, 5.74) is 2.11. The van der Waals surface area contributed by atoms with E-state index in [-0.39, 0.29) is 0 Å². The van der Waals surface area contributed by atoms with Gasteiger partial charge in [0.15, 0.2) is 0 Å². The molecule has 2 aliphatic rings. The minimum atomic E-state index is -5.08. The van der Waals surface area contributed by atoms with Gasteiger partial charge in [-0.3, -0.25) is 0 Å². The molecule has 7 nitrogen and oxygen atoms in total. The smallest absolute Gasteiger partial charge is 0.475 e. The molecular formula is C21H26F3N3O4S. The highest BCUT2D eigenvalue weighted by Gasteiger charge is 2.41. The van der Waals surface area contributed by atoms with Crippen LogP contribution in [-0.4, -0.2) is 59.1 Å². The van der Waals surface area contributed by atoms with E-state index in [1.54, 1.807) is 11.3 Å². The molecule has 0 spiro atoms. The third kappa shape index (κ3) is 6.63. The van der Waals surface area contributed by atoms with Crippen molar-refractivity contribution in [2.75, 3.05) is 24.7 Å². The Morgan fingerprint density at radius 1 is 1.31 bits per heavy atom. The third-order valence-corrected chi connectivity index (χ3v) is 6.14. The van der Waals surface area contributed by atoms with Crippen LogP contribution in [0.3, 0.4) is 0 Å². The zero-order chi connectivity index (χ0) is 23.3. The molecule has 2 aromatic heterocycles. The van der Waals surface area contributed by atoms with Gasteiger partial charge in [0.25, 0.3) is 0 Å². The van der Waals surface area contributed by atoms with Crippen molar-refractivity contribution < 1.29 is 32.5 Å². The molecule has 1 saturated heterocycles. The van der Waals surface area contributed by atoms with E-state index in [1.165, 1.54) is 0 Å². The van der Waals surface area contributed by atoms with Crippen LogP contribution in [0, 0.1) is 19.8 Å². The minimum Gasteiger partial charge on any atom is -0.475 e. The van der Waals surface area contributed by atoms with Gasteiger partial charge in [-0.2, -0.15) is 13.2 Å². The van der Waals surface area contributed by atoms with Gasteiger partial charge in [-0.05, 0) is 44.7 Å². The molecule has 1 saturated carbocycles. The molecule has 2 aromatic rings. The molecule has 0 amide bonds. The molecule has 1 N–H and O–H groups in total. The first kappa shape index (κ1) is 24.4. The fourth-order valence-electron chi connectivity index (χ4n) is 3.96. The molecule has 176 valence electrons. The monoisotopic (exact) mass is 473 g/mol. The Hall–Kier alpha value is -2.24. The normalized spacial score (nSPS) is 22.8. The summed E-state index contributed by atoms with van der Waals surface area (Å²) >= 11 is 1.68. The van der Waals surface area contributed by atoms with E-state index in [4.69, 9.17) is 24.4 Å². The molecule has 0 radical (unpaired) electrons. The number of ether oxygens (including phenoxy) is 2. The van der Waals surface area contributed by atoms with Crippen molar-refractivity contribution in [3.05, 3.63) is 40.0 Å². The highest BCUT2D eigenvalue weighted by Crippen LogP contribution is 2.36. The molecule has 0 bridgehead atoms. The SMILES string of the molecule is Cc1cccc(N2CCOC3CC(COCc4csc(C)n4)CC32)n1.O=C(O)C(F)(F)F. The summed E-state index contributed by atoms with van der Waals surface area (Å²) < 4.78 is 43.7. The average Bonchev–Trinajstić information content (AvgIpc) is 3.33. The largest absolute Gasteiger partial charge is 0.490 e. The van der Waals surface area contributed by atoms with Crippen molar-refractivity contribution in [2.45, 2.75) is 51.6 Å². The van der Waals surface area contributed by atoms with Crippen LogP contribution in [0.15, 0.2) is 23.6 Å². The Morgan fingerprint density at radius 2 is 2.06 bits per heavy atom. The highest BCUT2D eigenvalue weighted by molar-refractivity contribution is 7.09. The van der Waals surface area contributed by atoms with Crippen LogP contribution >= 0.6 is 11.3 Å². The highest BCUT2D eigenvalue weighted by atomic mass is 32.1. The number of aryl methyl sites for hydroxylation is 2. The summed E-state index contributed by atoms with van der Waals surface area (Å²) in [6.45, 7) is 7.17. The second kappa shape index (κ2) is 10.6. The maximum Gasteiger partial charge on any atom is 0.490 e. The van der Waals surface area contributed by atoms with Gasteiger partial charge in [-0.1, -0.05) is 6.07 Å². The van der Waals surface area contributed by atoms with Crippen molar-refractivity contribution >= 4 is 23.1 Å². The van der Waals surface area contributed by atoms with Gasteiger partial charge in [0.1, 0.15) is 5.82 Å². The van der Waals surface area contributed by atoms with Gasteiger partial charge >= 0.3 is 12.1 Å². The lowest BCUT2D eigenvalue weighted by Gasteiger charge is -2.38. The minimum absolute atomic E-state index is 0.297. The third-order valence-electron chi connectivity index (χ3n) is 5.31. The number of alkyl halides is 3. The maximum atomic E-state index is 10.6. The van der Waals surface area contributed by atoms with Crippen molar-refractivity contribution in [3.8, 4) is 0 Å². The number of hydrogen-bond donors (Lipinski definition) is 1. The number of carboxylic acid groups (broad SMARTS) is 1. The Bertz CT molecular complexity index is 908. The van der Waals surface area contributed by atoms with E-state index in [0.29, 0.717) is 24.7 Å². The number of thiazole rings is 1. The quantitative estimate of drug-likeness (QED) is 0.703. The molecule has 2 fully saturated rings. The fraction of sp³-hybridized carbons (Fsp3) is 0.571. The summed E-state index contributed by atoms with van der Waals surface area (Å²) in [6, 6.07) is 6.67. The van der Waals surface area contributed by atoms with Crippen molar-refractivity contribution in [1.82, 2.24) is 9.97 Å². The summed E-state index contributed by atoms with van der Waals surface area (Å²) in [5.74, 6) is -1.13. The molecule has 4 rings (SSSR count). The lowest BCUT2D eigenvalue weighted by Crippen LogP contribution is -2.49. The van der Waals surface area contributed by atoms with E-state index in [1.807, 2.05) is 19.9 Å². The molecule has 11 heteroatoms. The number of halogens is 3. The first-order valence-corrected chi connectivity index (χ1v) is 11.1. The Kier molecular flexibility index (Phi) is 8.07.